The van der Waals surface area contributed by atoms with Gasteiger partial charge in [0.15, 0.2) is 17.2 Å². The third kappa shape index (κ3) is 5.22. The van der Waals surface area contributed by atoms with E-state index in [4.69, 9.17) is 14.2 Å². The van der Waals surface area contributed by atoms with Crippen LogP contribution in [-0.2, 0) is 0 Å². The second-order valence-corrected chi connectivity index (χ2v) is 7.51. The number of carbonyl (C=O) groups excluding carboxylic acids is 2. The number of nitro benzene ring substituents is 2. The lowest BCUT2D eigenvalue weighted by Gasteiger charge is -2.21. The Hall–Kier alpha value is -5.00. The lowest BCUT2D eigenvalue weighted by Crippen LogP contribution is -2.27. The summed E-state index contributed by atoms with van der Waals surface area (Å²) in [5, 5.41) is 22.3. The second-order valence-electron chi connectivity index (χ2n) is 7.51. The van der Waals surface area contributed by atoms with E-state index < -0.39 is 21.7 Å². The Bertz CT molecular complexity index is 1370. The summed E-state index contributed by atoms with van der Waals surface area (Å²) < 4.78 is 15.6. The van der Waals surface area contributed by atoms with Crippen LogP contribution in [0.15, 0.2) is 54.6 Å². The van der Waals surface area contributed by atoms with Crippen LogP contribution in [0.2, 0.25) is 0 Å². The third-order valence-electron chi connectivity index (χ3n) is 5.22. The average Bonchev–Trinajstić information content (AvgIpc) is 2.86. The summed E-state index contributed by atoms with van der Waals surface area (Å²) in [5.74, 6) is -1.50. The Kier molecular flexibility index (Phi) is 7.48. The molecule has 0 spiro atoms. The van der Waals surface area contributed by atoms with Gasteiger partial charge in [-0.05, 0) is 36.8 Å². The van der Waals surface area contributed by atoms with Crippen LogP contribution in [0.4, 0.5) is 17.1 Å². The van der Waals surface area contributed by atoms with Gasteiger partial charge in [0.25, 0.3) is 5.91 Å². The first-order valence-electron chi connectivity index (χ1n) is 10.3. The van der Waals surface area contributed by atoms with E-state index in [1.165, 1.54) is 50.4 Å². The fraction of sp³-hybridized carbons (Fsp3) is 0.167. The summed E-state index contributed by atoms with van der Waals surface area (Å²) in [7, 11) is 3.95. The smallest absolute Gasteiger partial charge is 0.343 e. The number of hydrogen-bond donors (Lipinski definition) is 0. The molecule has 0 aliphatic carbocycles. The zero-order chi connectivity index (χ0) is 26.6. The summed E-state index contributed by atoms with van der Waals surface area (Å²) in [6.45, 7) is 1.76. The number of methoxy groups -OCH3 is 2. The minimum absolute atomic E-state index is 0.000934. The molecule has 0 bridgehead atoms. The Morgan fingerprint density at radius 2 is 1.31 bits per heavy atom. The van der Waals surface area contributed by atoms with Crippen LogP contribution >= 0.6 is 0 Å². The van der Waals surface area contributed by atoms with Gasteiger partial charge in [-0.25, -0.2) is 4.79 Å². The number of rotatable bonds is 8. The first-order valence-corrected chi connectivity index (χ1v) is 10.3. The van der Waals surface area contributed by atoms with E-state index in [2.05, 4.69) is 0 Å². The van der Waals surface area contributed by atoms with E-state index in [1.54, 1.807) is 25.1 Å². The predicted molar refractivity (Wildman–Crippen MR) is 128 cm³/mol. The van der Waals surface area contributed by atoms with Crippen molar-refractivity contribution in [1.82, 2.24) is 0 Å². The van der Waals surface area contributed by atoms with Crippen molar-refractivity contribution in [3.8, 4) is 17.2 Å². The largest absolute Gasteiger partial charge is 0.490 e. The van der Waals surface area contributed by atoms with Gasteiger partial charge in [-0.1, -0.05) is 6.07 Å². The van der Waals surface area contributed by atoms with E-state index in [0.29, 0.717) is 0 Å². The first kappa shape index (κ1) is 25.6. The number of nitrogens with zero attached hydrogens (tertiary/aromatic N) is 3. The zero-order valence-corrected chi connectivity index (χ0v) is 19.7. The fourth-order valence-corrected chi connectivity index (χ4v) is 3.36. The quantitative estimate of drug-likeness (QED) is 0.192. The van der Waals surface area contributed by atoms with Gasteiger partial charge in [0, 0.05) is 36.9 Å². The van der Waals surface area contributed by atoms with Gasteiger partial charge in [-0.3, -0.25) is 25.0 Å². The second kappa shape index (κ2) is 10.5. The molecule has 0 aliphatic heterocycles. The summed E-state index contributed by atoms with van der Waals surface area (Å²) in [6, 6.07) is 12.1. The normalized spacial score (nSPS) is 10.3. The SMILES string of the molecule is COc1cc(C(=O)Oc2cc(C)ccc2N(C)C(=O)c2ccc([N+](=O)[O-])c(OC)c2)ccc1[N+](=O)[O-]. The van der Waals surface area contributed by atoms with Gasteiger partial charge >= 0.3 is 17.3 Å². The van der Waals surface area contributed by atoms with E-state index in [0.717, 1.165) is 17.7 Å². The highest BCUT2D eigenvalue weighted by Gasteiger charge is 2.24. The van der Waals surface area contributed by atoms with Gasteiger partial charge in [0.1, 0.15) is 0 Å². The Morgan fingerprint density at radius 3 is 1.83 bits per heavy atom. The van der Waals surface area contributed by atoms with Gasteiger partial charge in [-0.2, -0.15) is 0 Å². The molecule has 3 aromatic rings. The molecular weight excluding hydrogens is 474 g/mol. The van der Waals surface area contributed by atoms with E-state index in [9.17, 15) is 29.8 Å². The molecule has 0 heterocycles. The van der Waals surface area contributed by atoms with Gasteiger partial charge in [0.05, 0.1) is 35.3 Å². The highest BCUT2D eigenvalue weighted by molar-refractivity contribution is 6.07. The Morgan fingerprint density at radius 1 is 0.778 bits per heavy atom. The van der Waals surface area contributed by atoms with Crippen molar-refractivity contribution in [3.63, 3.8) is 0 Å². The number of carbonyl (C=O) groups is 2. The number of nitro groups is 2. The van der Waals surface area contributed by atoms with Gasteiger partial charge < -0.3 is 19.1 Å². The van der Waals surface area contributed by atoms with Crippen molar-refractivity contribution < 1.29 is 33.6 Å². The van der Waals surface area contributed by atoms with Crippen LogP contribution in [0.25, 0.3) is 0 Å². The van der Waals surface area contributed by atoms with E-state index in [1.807, 2.05) is 0 Å². The average molecular weight is 495 g/mol. The molecule has 12 heteroatoms. The minimum Gasteiger partial charge on any atom is -0.490 e. The summed E-state index contributed by atoms with van der Waals surface area (Å²) in [6.07, 6.45) is 0. The number of amides is 1. The van der Waals surface area contributed by atoms with Crippen LogP contribution < -0.4 is 19.1 Å². The highest BCUT2D eigenvalue weighted by Crippen LogP contribution is 2.33. The standard InChI is InChI=1S/C24H21N3O9/c1-14-5-8-17(25(2)23(28)15-6-9-18(26(30)31)20(12-15)34-3)22(11-14)36-24(29)16-7-10-19(27(32)33)21(13-16)35-4/h5-13H,1-4H3. The molecule has 0 radical (unpaired) electrons. The van der Waals surface area contributed by atoms with Crippen molar-refractivity contribution >= 4 is 28.9 Å². The van der Waals surface area contributed by atoms with E-state index >= 15 is 0 Å². The Balaban J connectivity index is 1.93. The molecule has 186 valence electrons. The monoisotopic (exact) mass is 495 g/mol. The molecule has 36 heavy (non-hydrogen) atoms. The number of ether oxygens (including phenoxy) is 3. The molecular formula is C24H21N3O9. The minimum atomic E-state index is -0.826. The molecule has 0 atom stereocenters. The maximum atomic E-state index is 13.2. The van der Waals surface area contributed by atoms with Crippen molar-refractivity contribution in [3.05, 3.63) is 91.5 Å². The van der Waals surface area contributed by atoms with Crippen molar-refractivity contribution in [2.75, 3.05) is 26.2 Å². The molecule has 0 aliphatic rings. The molecule has 0 unspecified atom stereocenters. The lowest BCUT2D eigenvalue weighted by molar-refractivity contribution is -0.385. The maximum absolute atomic E-state index is 13.2. The first-order chi connectivity index (χ1) is 17.1. The lowest BCUT2D eigenvalue weighted by atomic mass is 10.1. The van der Waals surface area contributed by atoms with Crippen molar-refractivity contribution in [2.24, 2.45) is 0 Å². The number of aryl methyl sites for hydroxylation is 1. The number of esters is 1. The topological polar surface area (TPSA) is 151 Å². The molecule has 12 nitrogen and oxygen atoms in total. The van der Waals surface area contributed by atoms with Gasteiger partial charge in [0.2, 0.25) is 0 Å². The molecule has 3 rings (SSSR count). The summed E-state index contributed by atoms with van der Waals surface area (Å²) >= 11 is 0. The number of anilines is 1. The van der Waals surface area contributed by atoms with Crippen LogP contribution in [-0.4, -0.2) is 43.0 Å². The maximum Gasteiger partial charge on any atom is 0.343 e. The highest BCUT2D eigenvalue weighted by atomic mass is 16.6. The molecule has 0 N–H and O–H groups in total. The van der Waals surface area contributed by atoms with Crippen LogP contribution in [0.3, 0.4) is 0 Å². The van der Waals surface area contributed by atoms with E-state index in [-0.39, 0.29) is 45.4 Å². The van der Waals surface area contributed by atoms with Crippen LogP contribution in [0, 0.1) is 27.2 Å². The number of benzene rings is 3. The summed E-state index contributed by atoms with van der Waals surface area (Å²) in [4.78, 5) is 48.2. The molecule has 1 amide bonds. The van der Waals surface area contributed by atoms with Crippen molar-refractivity contribution in [2.45, 2.75) is 6.92 Å². The number of hydrogen-bond acceptors (Lipinski definition) is 9. The van der Waals surface area contributed by atoms with Crippen LogP contribution in [0.5, 0.6) is 17.2 Å². The fourth-order valence-electron chi connectivity index (χ4n) is 3.36. The molecule has 3 aromatic carbocycles. The van der Waals surface area contributed by atoms with Crippen LogP contribution in [0.1, 0.15) is 26.3 Å². The predicted octanol–water partition coefficient (Wildman–Crippen LogP) is 4.32. The molecule has 0 saturated carbocycles. The summed E-state index contributed by atoms with van der Waals surface area (Å²) in [5.41, 5.74) is 0.483. The zero-order valence-electron chi connectivity index (χ0n) is 19.7. The van der Waals surface area contributed by atoms with Crippen molar-refractivity contribution in [1.29, 1.82) is 0 Å². The molecule has 0 fully saturated rings. The molecule has 0 saturated heterocycles. The van der Waals surface area contributed by atoms with Gasteiger partial charge in [-0.15, -0.1) is 0 Å². The molecule has 0 aromatic heterocycles. The Labute approximate surface area is 204 Å². The third-order valence-corrected chi connectivity index (χ3v) is 5.22.